The molecule has 1 N–H and O–H groups in total. The second-order valence-electron chi connectivity index (χ2n) is 7.25. The third-order valence-electron chi connectivity index (χ3n) is 5.32. The van der Waals surface area contributed by atoms with Crippen molar-refractivity contribution in [2.75, 3.05) is 11.9 Å². The number of rotatable bonds is 6. The first-order valence-corrected chi connectivity index (χ1v) is 11.2. The molecular weight excluding hydrogens is 390 g/mol. The van der Waals surface area contributed by atoms with E-state index in [-0.39, 0.29) is 23.3 Å². The van der Waals surface area contributed by atoms with E-state index in [4.69, 9.17) is 4.52 Å². The van der Waals surface area contributed by atoms with Gasteiger partial charge in [0.15, 0.2) is 5.82 Å². The number of nitrogens with one attached hydrogen (secondary N) is 1. The molecule has 0 spiro atoms. The lowest BCUT2D eigenvalue weighted by molar-refractivity contribution is -0.116. The number of fused-ring (bicyclic) bond motifs is 1. The Kier molecular flexibility index (Phi) is 5.64. The van der Waals surface area contributed by atoms with Crippen LogP contribution in [0.25, 0.3) is 10.8 Å². The van der Waals surface area contributed by atoms with Gasteiger partial charge in [-0.15, -0.1) is 0 Å². The summed E-state index contributed by atoms with van der Waals surface area (Å²) < 4.78 is 33.5. The molecule has 1 aliphatic carbocycles. The molecule has 0 atom stereocenters. The fourth-order valence-electron chi connectivity index (χ4n) is 3.93. The van der Waals surface area contributed by atoms with Gasteiger partial charge in [-0.3, -0.25) is 4.79 Å². The van der Waals surface area contributed by atoms with E-state index in [0.29, 0.717) is 5.39 Å². The van der Waals surface area contributed by atoms with Gasteiger partial charge in [-0.1, -0.05) is 60.8 Å². The van der Waals surface area contributed by atoms with Crippen LogP contribution in [0.3, 0.4) is 0 Å². The molecule has 0 saturated heterocycles. The first kappa shape index (κ1) is 19.6. The van der Waals surface area contributed by atoms with E-state index in [1.54, 1.807) is 18.2 Å². The number of hydrogen-bond acceptors (Lipinski definition) is 5. The molecular formula is C21H23N3O4S. The molecule has 3 aromatic rings. The highest BCUT2D eigenvalue weighted by molar-refractivity contribution is 7.89. The summed E-state index contributed by atoms with van der Waals surface area (Å²) in [6.45, 7) is -0.261. The first-order valence-electron chi connectivity index (χ1n) is 9.75. The second-order valence-corrected chi connectivity index (χ2v) is 9.11. The number of carbonyl (C=O) groups excluding carboxylic acids is 1. The average molecular weight is 413 g/mol. The van der Waals surface area contributed by atoms with Crippen molar-refractivity contribution in [1.82, 2.24) is 9.46 Å². The minimum atomic E-state index is -3.87. The van der Waals surface area contributed by atoms with Gasteiger partial charge in [0.1, 0.15) is 6.26 Å². The molecule has 2 aromatic carbocycles. The summed E-state index contributed by atoms with van der Waals surface area (Å²) in [4.78, 5) is 12.8. The van der Waals surface area contributed by atoms with Gasteiger partial charge in [-0.2, -0.15) is 4.31 Å². The van der Waals surface area contributed by atoms with Crippen LogP contribution in [0, 0.1) is 0 Å². The van der Waals surface area contributed by atoms with Gasteiger partial charge in [0.2, 0.25) is 15.9 Å². The number of aromatic nitrogens is 1. The standard InChI is InChI=1S/C21H23N3O4S/c25-21(22-20-13-14-28-23-20)15-24(17-9-2-1-3-10-17)29(26,27)19-12-6-8-16-7-4-5-11-18(16)19/h4-8,11-14,17H,1-3,9-10,15H2,(H,22,23,25). The van der Waals surface area contributed by atoms with E-state index >= 15 is 0 Å². The van der Waals surface area contributed by atoms with E-state index in [1.807, 2.05) is 24.3 Å². The van der Waals surface area contributed by atoms with Crippen molar-refractivity contribution in [3.05, 3.63) is 54.8 Å². The lowest BCUT2D eigenvalue weighted by Crippen LogP contribution is -2.45. The van der Waals surface area contributed by atoms with E-state index in [9.17, 15) is 13.2 Å². The minimum absolute atomic E-state index is 0.198. The largest absolute Gasteiger partial charge is 0.363 e. The van der Waals surface area contributed by atoms with Crippen LogP contribution < -0.4 is 5.32 Å². The Morgan fingerprint density at radius 3 is 2.59 bits per heavy atom. The van der Waals surface area contributed by atoms with E-state index in [2.05, 4.69) is 10.5 Å². The summed E-state index contributed by atoms with van der Waals surface area (Å²) in [5.74, 6) is -0.172. The van der Waals surface area contributed by atoms with Crippen molar-refractivity contribution >= 4 is 32.5 Å². The number of amides is 1. The maximum Gasteiger partial charge on any atom is 0.244 e. The lowest BCUT2D eigenvalue weighted by Gasteiger charge is -2.33. The fraction of sp³-hybridized carbons (Fsp3) is 0.333. The molecule has 0 bridgehead atoms. The summed E-state index contributed by atoms with van der Waals surface area (Å²) in [5.41, 5.74) is 0. The van der Waals surface area contributed by atoms with Gasteiger partial charge in [0, 0.05) is 17.5 Å². The monoisotopic (exact) mass is 413 g/mol. The topological polar surface area (TPSA) is 92.5 Å². The van der Waals surface area contributed by atoms with Crippen molar-refractivity contribution in [2.24, 2.45) is 0 Å². The van der Waals surface area contributed by atoms with Crippen molar-refractivity contribution in [3.63, 3.8) is 0 Å². The van der Waals surface area contributed by atoms with Gasteiger partial charge in [0.25, 0.3) is 0 Å². The van der Waals surface area contributed by atoms with Crippen molar-refractivity contribution in [2.45, 2.75) is 43.0 Å². The van der Waals surface area contributed by atoms with Crippen molar-refractivity contribution in [3.8, 4) is 0 Å². The Morgan fingerprint density at radius 2 is 1.83 bits per heavy atom. The van der Waals surface area contributed by atoms with Crippen LogP contribution in [0.4, 0.5) is 5.82 Å². The van der Waals surface area contributed by atoms with Crippen molar-refractivity contribution < 1.29 is 17.7 Å². The van der Waals surface area contributed by atoms with Gasteiger partial charge in [-0.25, -0.2) is 8.42 Å². The van der Waals surface area contributed by atoms with Crippen LogP contribution in [0.5, 0.6) is 0 Å². The highest BCUT2D eigenvalue weighted by Gasteiger charge is 2.34. The number of sulfonamides is 1. The molecule has 152 valence electrons. The molecule has 0 unspecified atom stereocenters. The Hall–Kier alpha value is -2.71. The summed E-state index contributed by atoms with van der Waals surface area (Å²) in [7, 11) is -3.87. The predicted molar refractivity (Wildman–Crippen MR) is 110 cm³/mol. The zero-order chi connectivity index (χ0) is 20.3. The Morgan fingerprint density at radius 1 is 1.07 bits per heavy atom. The summed E-state index contributed by atoms with van der Waals surface area (Å²) in [5, 5.41) is 7.78. The first-order chi connectivity index (χ1) is 14.1. The number of nitrogens with zero attached hydrogens (tertiary/aromatic N) is 2. The zero-order valence-corrected chi connectivity index (χ0v) is 16.8. The predicted octanol–water partition coefficient (Wildman–Crippen LogP) is 3.79. The van der Waals surface area contributed by atoms with Crippen molar-refractivity contribution in [1.29, 1.82) is 0 Å². The Labute approximate surface area is 169 Å². The van der Waals surface area contributed by atoms with E-state index in [0.717, 1.165) is 37.5 Å². The van der Waals surface area contributed by atoms with Crippen LogP contribution in [-0.4, -0.2) is 36.4 Å². The van der Waals surface area contributed by atoms with Gasteiger partial charge >= 0.3 is 0 Å². The summed E-state index contributed by atoms with van der Waals surface area (Å²) in [6, 6.07) is 13.9. The smallest absolute Gasteiger partial charge is 0.244 e. The number of hydrogen-bond donors (Lipinski definition) is 1. The normalized spacial score (nSPS) is 15.6. The minimum Gasteiger partial charge on any atom is -0.363 e. The molecule has 7 nitrogen and oxygen atoms in total. The molecule has 1 amide bonds. The molecule has 1 heterocycles. The Balaban J connectivity index is 1.69. The molecule has 8 heteroatoms. The van der Waals surface area contributed by atoms with Gasteiger partial charge < -0.3 is 9.84 Å². The Bertz CT molecular complexity index is 1080. The maximum atomic E-state index is 13.7. The molecule has 29 heavy (non-hydrogen) atoms. The zero-order valence-electron chi connectivity index (χ0n) is 16.0. The van der Waals surface area contributed by atoms with Crippen LogP contribution >= 0.6 is 0 Å². The highest BCUT2D eigenvalue weighted by atomic mass is 32.2. The van der Waals surface area contributed by atoms with E-state index in [1.165, 1.54) is 16.6 Å². The summed E-state index contributed by atoms with van der Waals surface area (Å²) in [6.07, 6.45) is 5.85. The number of anilines is 1. The van der Waals surface area contributed by atoms with E-state index < -0.39 is 15.9 Å². The number of benzene rings is 2. The van der Waals surface area contributed by atoms with Gasteiger partial charge in [-0.05, 0) is 24.3 Å². The second kappa shape index (κ2) is 8.34. The molecule has 1 saturated carbocycles. The molecule has 1 aliphatic rings. The van der Waals surface area contributed by atoms with Crippen LogP contribution in [0.15, 0.2) is 64.2 Å². The average Bonchev–Trinajstić information content (AvgIpc) is 3.25. The lowest BCUT2D eigenvalue weighted by atomic mass is 9.95. The SMILES string of the molecule is O=C(CN(C1CCCCC1)S(=O)(=O)c1cccc2ccccc12)Nc1ccon1. The molecule has 1 aromatic heterocycles. The number of carbonyl (C=O) groups is 1. The van der Waals surface area contributed by atoms with Crippen LogP contribution in [0.1, 0.15) is 32.1 Å². The fourth-order valence-corrected chi connectivity index (χ4v) is 5.78. The van der Waals surface area contributed by atoms with Crippen LogP contribution in [0.2, 0.25) is 0 Å². The quantitative estimate of drug-likeness (QED) is 0.664. The molecule has 1 fully saturated rings. The maximum absolute atomic E-state index is 13.7. The van der Waals surface area contributed by atoms with Gasteiger partial charge in [0.05, 0.1) is 11.4 Å². The summed E-state index contributed by atoms with van der Waals surface area (Å²) >= 11 is 0. The third kappa shape index (κ3) is 4.18. The molecule has 0 aliphatic heterocycles. The molecule has 0 radical (unpaired) electrons. The van der Waals surface area contributed by atoms with Crippen LogP contribution in [-0.2, 0) is 14.8 Å². The highest BCUT2D eigenvalue weighted by Crippen LogP contribution is 2.31. The third-order valence-corrected chi connectivity index (χ3v) is 7.28. The molecule has 4 rings (SSSR count).